The van der Waals surface area contributed by atoms with Gasteiger partial charge in [0.25, 0.3) is 0 Å². The average molecular weight is 504 g/mol. The zero-order valence-corrected chi connectivity index (χ0v) is 20.1. The van der Waals surface area contributed by atoms with Crippen LogP contribution in [0.2, 0.25) is 0 Å². The summed E-state index contributed by atoms with van der Waals surface area (Å²) in [6.45, 7) is 9.94. The number of aryl methyl sites for hydroxylation is 1. The Kier molecular flexibility index (Phi) is 12.5. The van der Waals surface area contributed by atoms with Crippen molar-refractivity contribution in [3.63, 3.8) is 0 Å². The van der Waals surface area contributed by atoms with Gasteiger partial charge in [-0.05, 0) is 57.8 Å². The number of rotatable bonds is 9. The number of halogens is 1. The first-order chi connectivity index (χ1) is 13.1. The molecule has 6 nitrogen and oxygen atoms in total. The van der Waals surface area contributed by atoms with E-state index in [1.165, 1.54) is 24.9 Å². The van der Waals surface area contributed by atoms with E-state index in [9.17, 15) is 0 Å². The number of nitrogens with one attached hydrogen (secondary N) is 2. The Morgan fingerprint density at radius 2 is 2.11 bits per heavy atom. The molecule has 0 radical (unpaired) electrons. The van der Waals surface area contributed by atoms with Crippen molar-refractivity contribution in [1.29, 1.82) is 0 Å². The van der Waals surface area contributed by atoms with Gasteiger partial charge in [0.05, 0.1) is 6.61 Å². The lowest BCUT2D eigenvalue weighted by molar-refractivity contribution is 0.110. The van der Waals surface area contributed by atoms with Crippen molar-refractivity contribution in [3.05, 3.63) is 29.3 Å². The van der Waals surface area contributed by atoms with Gasteiger partial charge in [-0.25, -0.2) is 0 Å². The van der Waals surface area contributed by atoms with Crippen molar-refractivity contribution in [1.82, 2.24) is 15.5 Å². The normalized spacial score (nSPS) is 17.7. The number of ether oxygens (including phenoxy) is 2. The molecule has 1 saturated heterocycles. The fourth-order valence-electron chi connectivity index (χ4n) is 3.38. The SMILES string of the molecule is CCOCCOc1cc(C)ccc1CNC(=NC)NCC1CCCN(C)C1.I. The molecule has 1 fully saturated rings. The molecule has 0 aromatic heterocycles. The van der Waals surface area contributed by atoms with Gasteiger partial charge in [0.2, 0.25) is 0 Å². The van der Waals surface area contributed by atoms with E-state index >= 15 is 0 Å². The zero-order chi connectivity index (χ0) is 19.5. The molecular formula is C21H37IN4O2. The van der Waals surface area contributed by atoms with Crippen LogP contribution < -0.4 is 15.4 Å². The van der Waals surface area contributed by atoms with Crippen molar-refractivity contribution in [2.24, 2.45) is 10.9 Å². The first-order valence-electron chi connectivity index (χ1n) is 10.1. The molecule has 1 heterocycles. The summed E-state index contributed by atoms with van der Waals surface area (Å²) in [6, 6.07) is 6.30. The summed E-state index contributed by atoms with van der Waals surface area (Å²) < 4.78 is 11.3. The monoisotopic (exact) mass is 504 g/mol. The van der Waals surface area contributed by atoms with Gasteiger partial charge >= 0.3 is 0 Å². The number of hydrogen-bond acceptors (Lipinski definition) is 4. The van der Waals surface area contributed by atoms with E-state index < -0.39 is 0 Å². The minimum atomic E-state index is 0. The van der Waals surface area contributed by atoms with Crippen LogP contribution in [-0.4, -0.2) is 64.4 Å². The fraction of sp³-hybridized carbons (Fsp3) is 0.667. The van der Waals surface area contributed by atoms with Gasteiger partial charge in [-0.1, -0.05) is 12.1 Å². The number of nitrogens with zero attached hydrogens (tertiary/aromatic N) is 2. The van der Waals surface area contributed by atoms with Crippen molar-refractivity contribution in [3.8, 4) is 5.75 Å². The maximum atomic E-state index is 5.92. The van der Waals surface area contributed by atoms with Crippen LogP contribution in [0, 0.1) is 12.8 Å². The molecule has 1 aliphatic rings. The Bertz CT molecular complexity index is 598. The Balaban J connectivity index is 0.00000392. The van der Waals surface area contributed by atoms with E-state index in [0.717, 1.165) is 30.4 Å². The topological polar surface area (TPSA) is 58.1 Å². The van der Waals surface area contributed by atoms with Gasteiger partial charge in [0.1, 0.15) is 12.4 Å². The molecule has 28 heavy (non-hydrogen) atoms. The van der Waals surface area contributed by atoms with Gasteiger partial charge in [-0.2, -0.15) is 0 Å². The van der Waals surface area contributed by atoms with Crippen LogP contribution in [0.4, 0.5) is 0 Å². The molecule has 0 saturated carbocycles. The first kappa shape index (κ1) is 25.0. The fourth-order valence-corrected chi connectivity index (χ4v) is 3.38. The van der Waals surface area contributed by atoms with Gasteiger partial charge in [0.15, 0.2) is 5.96 Å². The maximum absolute atomic E-state index is 5.92. The van der Waals surface area contributed by atoms with Crippen molar-refractivity contribution < 1.29 is 9.47 Å². The average Bonchev–Trinajstić information content (AvgIpc) is 2.66. The highest BCUT2D eigenvalue weighted by atomic mass is 127. The predicted molar refractivity (Wildman–Crippen MR) is 127 cm³/mol. The second kappa shape index (κ2) is 14.0. The van der Waals surface area contributed by atoms with Gasteiger partial charge < -0.3 is 25.0 Å². The first-order valence-corrected chi connectivity index (χ1v) is 10.1. The largest absolute Gasteiger partial charge is 0.491 e. The molecule has 0 amide bonds. The number of aliphatic imine (C=N–C) groups is 1. The quantitative estimate of drug-likeness (QED) is 0.235. The summed E-state index contributed by atoms with van der Waals surface area (Å²) in [5.41, 5.74) is 2.31. The van der Waals surface area contributed by atoms with Crippen molar-refractivity contribution in [2.45, 2.75) is 33.2 Å². The van der Waals surface area contributed by atoms with E-state index in [0.29, 0.717) is 32.3 Å². The third-order valence-electron chi connectivity index (χ3n) is 4.86. The molecule has 1 atom stereocenters. The van der Waals surface area contributed by atoms with Crippen LogP contribution in [0.3, 0.4) is 0 Å². The summed E-state index contributed by atoms with van der Waals surface area (Å²) in [5, 5.41) is 6.88. The third-order valence-corrected chi connectivity index (χ3v) is 4.86. The molecule has 2 rings (SSSR count). The highest BCUT2D eigenvalue weighted by Gasteiger charge is 2.17. The Morgan fingerprint density at radius 1 is 1.29 bits per heavy atom. The van der Waals surface area contributed by atoms with Crippen LogP contribution in [0.15, 0.2) is 23.2 Å². The second-order valence-corrected chi connectivity index (χ2v) is 7.23. The number of hydrogen-bond donors (Lipinski definition) is 2. The lowest BCUT2D eigenvalue weighted by Gasteiger charge is -2.30. The molecule has 0 bridgehead atoms. The molecule has 0 spiro atoms. The summed E-state index contributed by atoms with van der Waals surface area (Å²) >= 11 is 0. The number of benzene rings is 1. The van der Waals surface area contributed by atoms with Gasteiger partial charge in [-0.15, -0.1) is 24.0 Å². The summed E-state index contributed by atoms with van der Waals surface area (Å²) in [4.78, 5) is 6.77. The smallest absolute Gasteiger partial charge is 0.191 e. The third kappa shape index (κ3) is 8.96. The highest BCUT2D eigenvalue weighted by molar-refractivity contribution is 14.0. The summed E-state index contributed by atoms with van der Waals surface area (Å²) in [7, 11) is 4.01. The molecule has 0 aliphatic carbocycles. The van der Waals surface area contributed by atoms with E-state index in [2.05, 4.69) is 52.7 Å². The Morgan fingerprint density at radius 3 is 2.82 bits per heavy atom. The highest BCUT2D eigenvalue weighted by Crippen LogP contribution is 2.20. The number of piperidine rings is 1. The molecule has 160 valence electrons. The summed E-state index contributed by atoms with van der Waals surface area (Å²) in [6.07, 6.45) is 2.56. The molecule has 1 unspecified atom stereocenters. The van der Waals surface area contributed by atoms with Gasteiger partial charge in [0, 0.05) is 38.9 Å². The molecule has 1 aliphatic heterocycles. The maximum Gasteiger partial charge on any atom is 0.191 e. The second-order valence-electron chi connectivity index (χ2n) is 7.23. The van der Waals surface area contributed by atoms with Crippen LogP contribution in [0.1, 0.15) is 30.9 Å². The lowest BCUT2D eigenvalue weighted by atomic mass is 9.99. The van der Waals surface area contributed by atoms with Gasteiger partial charge in [-0.3, -0.25) is 4.99 Å². The van der Waals surface area contributed by atoms with Crippen LogP contribution >= 0.6 is 24.0 Å². The minimum Gasteiger partial charge on any atom is -0.491 e. The summed E-state index contributed by atoms with van der Waals surface area (Å²) in [5.74, 6) is 2.43. The number of guanidine groups is 1. The minimum absolute atomic E-state index is 0. The molecular weight excluding hydrogens is 467 g/mol. The van der Waals surface area contributed by atoms with Crippen LogP contribution in [-0.2, 0) is 11.3 Å². The predicted octanol–water partition coefficient (Wildman–Crippen LogP) is 3.04. The van der Waals surface area contributed by atoms with E-state index in [1.54, 1.807) is 0 Å². The van der Waals surface area contributed by atoms with Crippen LogP contribution in [0.25, 0.3) is 0 Å². The van der Waals surface area contributed by atoms with E-state index in [1.807, 2.05) is 14.0 Å². The number of likely N-dealkylation sites (tertiary alicyclic amines) is 1. The molecule has 1 aromatic carbocycles. The Hall–Kier alpha value is -1.06. The van der Waals surface area contributed by atoms with Crippen molar-refractivity contribution >= 4 is 29.9 Å². The van der Waals surface area contributed by atoms with E-state index in [4.69, 9.17) is 9.47 Å². The lowest BCUT2D eigenvalue weighted by Crippen LogP contribution is -2.43. The van der Waals surface area contributed by atoms with Crippen molar-refractivity contribution in [2.75, 3.05) is 53.6 Å². The Labute approximate surface area is 187 Å². The molecule has 7 heteroatoms. The molecule has 1 aromatic rings. The standard InChI is InChI=1S/C21H36N4O2.HI/c1-5-26-11-12-27-20-13-17(2)8-9-19(20)15-24-21(22-3)23-14-18-7-6-10-25(4)16-18;/h8-9,13,18H,5-7,10-12,14-16H2,1-4H3,(H2,22,23,24);1H. The van der Waals surface area contributed by atoms with Crippen LogP contribution in [0.5, 0.6) is 5.75 Å². The van der Waals surface area contributed by atoms with E-state index in [-0.39, 0.29) is 24.0 Å². The molecule has 2 N–H and O–H groups in total. The zero-order valence-electron chi connectivity index (χ0n) is 17.8.